The van der Waals surface area contributed by atoms with Crippen molar-refractivity contribution in [2.24, 2.45) is 0 Å². The second-order valence-corrected chi connectivity index (χ2v) is 3.67. The Bertz CT molecular complexity index is 425. The lowest BCUT2D eigenvalue weighted by molar-refractivity contribution is 0.336. The normalized spacial score (nSPS) is 10.4. The molecule has 0 unspecified atom stereocenters. The maximum atomic E-state index is 5.51. The Labute approximate surface area is 91.0 Å². The Kier molecular flexibility index (Phi) is 2.99. The number of pyridine rings is 1. The average molecular weight is 252 g/mol. The molecule has 0 aliphatic rings. The summed E-state index contributed by atoms with van der Waals surface area (Å²) >= 11 is 3.32. The summed E-state index contributed by atoms with van der Waals surface area (Å²) in [5.74, 6) is 0.711. The minimum Gasteiger partial charge on any atom is -0.476 e. The third kappa shape index (κ3) is 1.87. The minimum absolute atomic E-state index is 0.640. The van der Waals surface area contributed by atoms with Crippen molar-refractivity contribution in [3.8, 4) is 5.88 Å². The van der Waals surface area contributed by atoms with Gasteiger partial charge < -0.3 is 4.74 Å². The van der Waals surface area contributed by atoms with Crippen molar-refractivity contribution < 1.29 is 4.74 Å². The number of hydrogen-bond acceptors (Lipinski definition) is 2. The second kappa shape index (κ2) is 4.42. The van der Waals surface area contributed by atoms with Crippen LogP contribution in [-0.4, -0.2) is 16.9 Å². The molecule has 0 saturated heterocycles. The van der Waals surface area contributed by atoms with Crippen molar-refractivity contribution in [1.29, 1.82) is 0 Å². The van der Waals surface area contributed by atoms with Gasteiger partial charge in [0, 0.05) is 16.9 Å². The van der Waals surface area contributed by atoms with Gasteiger partial charge >= 0.3 is 0 Å². The molecule has 2 rings (SSSR count). The maximum Gasteiger partial charge on any atom is 0.221 e. The predicted molar refractivity (Wildman–Crippen MR) is 61.0 cm³/mol. The summed E-state index contributed by atoms with van der Waals surface area (Å²) in [6.45, 7) is 0.640. The van der Waals surface area contributed by atoms with Crippen LogP contribution in [0.15, 0.2) is 36.5 Å². The molecule has 1 heterocycles. The average Bonchev–Trinajstić information content (AvgIpc) is 2.26. The highest BCUT2D eigenvalue weighted by atomic mass is 79.9. The van der Waals surface area contributed by atoms with Crippen molar-refractivity contribution in [2.45, 2.75) is 0 Å². The van der Waals surface area contributed by atoms with Crippen LogP contribution < -0.4 is 4.74 Å². The molecule has 0 fully saturated rings. The van der Waals surface area contributed by atoms with E-state index in [1.165, 1.54) is 0 Å². The van der Waals surface area contributed by atoms with Crippen LogP contribution in [0.2, 0.25) is 0 Å². The Morgan fingerprint density at radius 1 is 1.21 bits per heavy atom. The maximum absolute atomic E-state index is 5.51. The fourth-order valence-corrected chi connectivity index (χ4v) is 1.50. The van der Waals surface area contributed by atoms with Gasteiger partial charge in [0.15, 0.2) is 0 Å². The van der Waals surface area contributed by atoms with Crippen LogP contribution in [0.3, 0.4) is 0 Å². The van der Waals surface area contributed by atoms with E-state index >= 15 is 0 Å². The van der Waals surface area contributed by atoms with Gasteiger partial charge in [-0.1, -0.05) is 34.1 Å². The molecule has 0 atom stereocenters. The van der Waals surface area contributed by atoms with Gasteiger partial charge in [0.1, 0.15) is 0 Å². The molecule has 14 heavy (non-hydrogen) atoms. The minimum atomic E-state index is 0.640. The lowest BCUT2D eigenvalue weighted by Gasteiger charge is -2.05. The fraction of sp³-hybridized carbons (Fsp3) is 0.182. The van der Waals surface area contributed by atoms with Gasteiger partial charge in [0.05, 0.1) is 6.61 Å². The first-order chi connectivity index (χ1) is 6.92. The van der Waals surface area contributed by atoms with Crippen LogP contribution in [0.5, 0.6) is 5.88 Å². The second-order valence-electron chi connectivity index (χ2n) is 2.87. The smallest absolute Gasteiger partial charge is 0.221 e. The van der Waals surface area contributed by atoms with Crippen molar-refractivity contribution in [3.63, 3.8) is 0 Å². The van der Waals surface area contributed by atoms with Crippen LogP contribution in [0.25, 0.3) is 10.8 Å². The van der Waals surface area contributed by atoms with Crippen molar-refractivity contribution >= 4 is 26.7 Å². The van der Waals surface area contributed by atoms with Gasteiger partial charge in [-0.15, -0.1) is 0 Å². The number of rotatable bonds is 3. The largest absolute Gasteiger partial charge is 0.476 e. The summed E-state index contributed by atoms with van der Waals surface area (Å²) in [5, 5.41) is 3.04. The summed E-state index contributed by atoms with van der Waals surface area (Å²) < 4.78 is 5.51. The molecule has 0 spiro atoms. The molecule has 0 saturated carbocycles. The van der Waals surface area contributed by atoms with E-state index in [2.05, 4.69) is 27.0 Å². The third-order valence-corrected chi connectivity index (χ3v) is 2.28. The zero-order valence-electron chi connectivity index (χ0n) is 7.61. The third-order valence-electron chi connectivity index (χ3n) is 1.95. The van der Waals surface area contributed by atoms with E-state index in [1.807, 2.05) is 24.3 Å². The van der Waals surface area contributed by atoms with Gasteiger partial charge in [-0.3, -0.25) is 0 Å². The zero-order valence-corrected chi connectivity index (χ0v) is 9.20. The van der Waals surface area contributed by atoms with Crippen molar-refractivity contribution in [3.05, 3.63) is 36.5 Å². The number of nitrogens with zero attached hydrogens (tertiary/aromatic N) is 1. The summed E-state index contributed by atoms with van der Waals surface area (Å²) in [7, 11) is 0. The topological polar surface area (TPSA) is 22.1 Å². The molecule has 2 aromatic rings. The first-order valence-corrected chi connectivity index (χ1v) is 5.56. The van der Waals surface area contributed by atoms with E-state index in [0.717, 1.165) is 16.1 Å². The fourth-order valence-electron chi connectivity index (χ4n) is 1.34. The number of aromatic nitrogens is 1. The molecule has 0 aliphatic carbocycles. The molecule has 2 nitrogen and oxygen atoms in total. The van der Waals surface area contributed by atoms with E-state index in [-0.39, 0.29) is 0 Å². The van der Waals surface area contributed by atoms with E-state index in [9.17, 15) is 0 Å². The lowest BCUT2D eigenvalue weighted by Crippen LogP contribution is -1.99. The molecule has 0 bridgehead atoms. The van der Waals surface area contributed by atoms with Crippen molar-refractivity contribution in [2.75, 3.05) is 11.9 Å². The number of benzene rings is 1. The van der Waals surface area contributed by atoms with Gasteiger partial charge in [0.25, 0.3) is 0 Å². The van der Waals surface area contributed by atoms with E-state index in [4.69, 9.17) is 4.74 Å². The summed E-state index contributed by atoms with van der Waals surface area (Å²) in [6, 6.07) is 10.1. The van der Waals surface area contributed by atoms with Crippen LogP contribution >= 0.6 is 15.9 Å². The SMILES string of the molecule is BrCCOc1nccc2ccccc12. The Morgan fingerprint density at radius 3 is 2.93 bits per heavy atom. The van der Waals surface area contributed by atoms with Crippen LogP contribution in [0.1, 0.15) is 0 Å². The Balaban J connectivity index is 2.43. The molecular weight excluding hydrogens is 242 g/mol. The zero-order chi connectivity index (χ0) is 9.80. The molecule has 1 aromatic carbocycles. The first-order valence-electron chi connectivity index (χ1n) is 4.44. The van der Waals surface area contributed by atoms with E-state index in [0.29, 0.717) is 12.5 Å². The highest BCUT2D eigenvalue weighted by Gasteiger charge is 2.01. The Morgan fingerprint density at radius 2 is 2.07 bits per heavy atom. The molecule has 0 N–H and O–H groups in total. The highest BCUT2D eigenvalue weighted by Crippen LogP contribution is 2.22. The molecule has 72 valence electrons. The van der Waals surface area contributed by atoms with Crippen molar-refractivity contribution in [1.82, 2.24) is 4.98 Å². The van der Waals surface area contributed by atoms with Gasteiger partial charge in [0.2, 0.25) is 5.88 Å². The van der Waals surface area contributed by atoms with E-state index in [1.54, 1.807) is 6.20 Å². The van der Waals surface area contributed by atoms with Gasteiger partial charge in [-0.2, -0.15) is 0 Å². The monoisotopic (exact) mass is 251 g/mol. The first kappa shape index (κ1) is 9.46. The molecular formula is C11H10BrNO. The quantitative estimate of drug-likeness (QED) is 0.783. The predicted octanol–water partition coefficient (Wildman–Crippen LogP) is 3.01. The number of hydrogen-bond donors (Lipinski definition) is 0. The number of halogens is 1. The molecule has 0 radical (unpaired) electrons. The summed E-state index contributed by atoms with van der Waals surface area (Å²) in [5.41, 5.74) is 0. The number of fused-ring (bicyclic) bond motifs is 1. The number of alkyl halides is 1. The molecule has 0 amide bonds. The standard InChI is InChI=1S/C11H10BrNO/c12-6-8-14-11-10-4-2-1-3-9(10)5-7-13-11/h1-5,7H,6,8H2. The summed E-state index contributed by atoms with van der Waals surface area (Å²) in [4.78, 5) is 4.20. The molecule has 0 aliphatic heterocycles. The van der Waals surface area contributed by atoms with Crippen LogP contribution in [-0.2, 0) is 0 Å². The van der Waals surface area contributed by atoms with Crippen LogP contribution in [0, 0.1) is 0 Å². The van der Waals surface area contributed by atoms with E-state index < -0.39 is 0 Å². The lowest BCUT2D eigenvalue weighted by atomic mass is 10.2. The van der Waals surface area contributed by atoms with Gasteiger partial charge in [-0.25, -0.2) is 4.98 Å². The molecule has 3 heteroatoms. The highest BCUT2D eigenvalue weighted by molar-refractivity contribution is 9.09. The Hall–Kier alpha value is -1.09. The van der Waals surface area contributed by atoms with Crippen LogP contribution in [0.4, 0.5) is 0 Å². The summed E-state index contributed by atoms with van der Waals surface area (Å²) in [6.07, 6.45) is 1.77. The molecule has 1 aromatic heterocycles. The number of ether oxygens (including phenoxy) is 1. The van der Waals surface area contributed by atoms with Gasteiger partial charge in [-0.05, 0) is 17.5 Å².